The van der Waals surface area contributed by atoms with Crippen molar-refractivity contribution in [2.24, 2.45) is 5.73 Å². The number of amides is 1. The summed E-state index contributed by atoms with van der Waals surface area (Å²) in [6.45, 7) is 4.14. The number of nitrogens with zero attached hydrogens (tertiary/aromatic N) is 5. The van der Waals surface area contributed by atoms with Crippen LogP contribution in [-0.2, 0) is 0 Å². The summed E-state index contributed by atoms with van der Waals surface area (Å²) in [7, 11) is 2.15. The van der Waals surface area contributed by atoms with Crippen molar-refractivity contribution < 1.29 is 4.79 Å². The van der Waals surface area contributed by atoms with E-state index >= 15 is 0 Å². The molecule has 1 saturated heterocycles. The van der Waals surface area contributed by atoms with Gasteiger partial charge in [-0.15, -0.1) is 0 Å². The fourth-order valence-electron chi connectivity index (χ4n) is 3.58. The van der Waals surface area contributed by atoms with Crippen LogP contribution in [0.3, 0.4) is 0 Å². The number of anilines is 2. The molecule has 0 saturated carbocycles. The summed E-state index contributed by atoms with van der Waals surface area (Å²) < 4.78 is 2.03. The van der Waals surface area contributed by atoms with Gasteiger partial charge in [-0.25, -0.2) is 9.97 Å². The summed E-state index contributed by atoms with van der Waals surface area (Å²) in [5.74, 6) is 0.0624. The zero-order valence-electron chi connectivity index (χ0n) is 16.7. The van der Waals surface area contributed by atoms with Crippen LogP contribution in [0.1, 0.15) is 34.8 Å². The topological polar surface area (TPSA) is 102 Å². The van der Waals surface area contributed by atoms with Crippen LogP contribution in [0.15, 0.2) is 42.9 Å². The highest BCUT2D eigenvalue weighted by molar-refractivity contribution is 5.93. The summed E-state index contributed by atoms with van der Waals surface area (Å²) >= 11 is 0. The number of carbonyl (C=O) groups excluding carboxylic acids is 1. The molecule has 1 aliphatic heterocycles. The first-order chi connectivity index (χ1) is 14.0. The van der Waals surface area contributed by atoms with Crippen molar-refractivity contribution in [3.8, 4) is 11.3 Å². The van der Waals surface area contributed by atoms with Crippen LogP contribution < -0.4 is 11.1 Å². The van der Waals surface area contributed by atoms with Gasteiger partial charge in [0.2, 0.25) is 11.9 Å². The van der Waals surface area contributed by atoms with E-state index in [4.69, 9.17) is 5.73 Å². The van der Waals surface area contributed by atoms with E-state index in [0.717, 1.165) is 48.4 Å². The van der Waals surface area contributed by atoms with Crippen LogP contribution in [0.25, 0.3) is 11.3 Å². The second kappa shape index (κ2) is 8.00. The van der Waals surface area contributed by atoms with Crippen molar-refractivity contribution in [3.05, 3.63) is 54.0 Å². The lowest BCUT2D eigenvalue weighted by atomic mass is 10.1. The molecule has 0 unspecified atom stereocenters. The number of primary amides is 1. The lowest BCUT2D eigenvalue weighted by Gasteiger charge is -2.28. The summed E-state index contributed by atoms with van der Waals surface area (Å²) in [6, 6.07) is 7.53. The molecule has 0 spiro atoms. The van der Waals surface area contributed by atoms with Crippen molar-refractivity contribution in [2.75, 3.05) is 25.5 Å². The zero-order chi connectivity index (χ0) is 20.4. The Labute approximate surface area is 169 Å². The summed E-state index contributed by atoms with van der Waals surface area (Å²) in [5.41, 5.74) is 9.31. The van der Waals surface area contributed by atoms with Gasteiger partial charge in [0.1, 0.15) is 0 Å². The molecule has 1 fully saturated rings. The average Bonchev–Trinajstić information content (AvgIpc) is 3.18. The number of aromatic nitrogens is 4. The molecule has 29 heavy (non-hydrogen) atoms. The van der Waals surface area contributed by atoms with E-state index in [9.17, 15) is 4.79 Å². The summed E-state index contributed by atoms with van der Waals surface area (Å²) in [5, 5.41) is 7.77. The fourth-order valence-corrected chi connectivity index (χ4v) is 3.58. The van der Waals surface area contributed by atoms with E-state index in [-0.39, 0.29) is 0 Å². The van der Waals surface area contributed by atoms with Crippen LogP contribution in [0.5, 0.6) is 0 Å². The summed E-state index contributed by atoms with van der Waals surface area (Å²) in [6.07, 6.45) is 7.81. The first-order valence-corrected chi connectivity index (χ1v) is 9.73. The number of nitrogens with one attached hydrogen (secondary N) is 1. The number of likely N-dealkylation sites (tertiary alicyclic amines) is 1. The van der Waals surface area contributed by atoms with Gasteiger partial charge in [0.25, 0.3) is 0 Å². The predicted molar refractivity (Wildman–Crippen MR) is 112 cm³/mol. The Morgan fingerprint density at radius 2 is 1.90 bits per heavy atom. The van der Waals surface area contributed by atoms with Crippen LogP contribution in [0.4, 0.5) is 11.6 Å². The Morgan fingerprint density at radius 1 is 1.17 bits per heavy atom. The minimum Gasteiger partial charge on any atom is -0.366 e. The van der Waals surface area contributed by atoms with Crippen LogP contribution in [-0.4, -0.2) is 50.7 Å². The van der Waals surface area contributed by atoms with Crippen molar-refractivity contribution in [1.29, 1.82) is 0 Å². The van der Waals surface area contributed by atoms with E-state index in [1.165, 1.54) is 0 Å². The van der Waals surface area contributed by atoms with E-state index in [2.05, 4.69) is 32.3 Å². The molecule has 0 radical (unpaired) electrons. The molecule has 1 aromatic carbocycles. The van der Waals surface area contributed by atoms with E-state index < -0.39 is 5.91 Å². The molecular formula is C21H25N7O. The molecule has 2 aromatic heterocycles. The maximum absolute atomic E-state index is 11.3. The third kappa shape index (κ3) is 4.27. The van der Waals surface area contributed by atoms with Crippen LogP contribution >= 0.6 is 0 Å². The van der Waals surface area contributed by atoms with Crippen LogP contribution in [0, 0.1) is 6.92 Å². The number of hydrogen-bond donors (Lipinski definition) is 2. The smallest absolute Gasteiger partial charge is 0.248 e. The highest BCUT2D eigenvalue weighted by Crippen LogP contribution is 2.25. The molecule has 150 valence electrons. The first-order valence-electron chi connectivity index (χ1n) is 9.73. The van der Waals surface area contributed by atoms with Crippen molar-refractivity contribution in [2.45, 2.75) is 25.8 Å². The molecule has 0 aliphatic carbocycles. The Bertz CT molecular complexity index is 1000. The Kier molecular flexibility index (Phi) is 5.26. The standard InChI is InChI=1S/C21H25N7O/c1-14-11-23-21(26-19(14)15-3-5-16(6-4-15)20(22)29)25-17-12-24-28(13-17)18-7-9-27(2)10-8-18/h3-6,11-13,18H,7-10H2,1-2H3,(H2,22,29)(H,23,25,26). The quantitative estimate of drug-likeness (QED) is 0.693. The van der Waals surface area contributed by atoms with Gasteiger partial charge in [-0.1, -0.05) is 12.1 Å². The van der Waals surface area contributed by atoms with Gasteiger partial charge in [0.05, 0.1) is 23.6 Å². The van der Waals surface area contributed by atoms with Crippen molar-refractivity contribution in [3.63, 3.8) is 0 Å². The number of nitrogens with two attached hydrogens (primary N) is 1. The van der Waals surface area contributed by atoms with Gasteiger partial charge in [-0.2, -0.15) is 5.10 Å². The first kappa shape index (κ1) is 19.1. The number of aryl methyl sites for hydroxylation is 1. The number of carbonyl (C=O) groups is 1. The molecule has 8 nitrogen and oxygen atoms in total. The Balaban J connectivity index is 1.51. The Hall–Kier alpha value is -3.26. The monoisotopic (exact) mass is 391 g/mol. The van der Waals surface area contributed by atoms with E-state index in [1.54, 1.807) is 18.3 Å². The molecule has 1 aliphatic rings. The molecule has 4 rings (SSSR count). The molecule has 1 amide bonds. The van der Waals surface area contributed by atoms with Crippen LogP contribution in [0.2, 0.25) is 0 Å². The highest BCUT2D eigenvalue weighted by Gasteiger charge is 2.19. The van der Waals surface area contributed by atoms with Gasteiger partial charge in [0.15, 0.2) is 0 Å². The lowest BCUT2D eigenvalue weighted by Crippen LogP contribution is -2.31. The number of piperidine rings is 1. The molecule has 8 heteroatoms. The van der Waals surface area contributed by atoms with Gasteiger partial charge in [-0.05, 0) is 57.6 Å². The van der Waals surface area contributed by atoms with Gasteiger partial charge < -0.3 is 16.0 Å². The maximum atomic E-state index is 11.3. The molecule has 3 heterocycles. The molecular weight excluding hydrogens is 366 g/mol. The Morgan fingerprint density at radius 3 is 2.59 bits per heavy atom. The van der Waals surface area contributed by atoms with E-state index in [1.807, 2.05) is 36.1 Å². The van der Waals surface area contributed by atoms with Gasteiger partial charge in [-0.3, -0.25) is 9.48 Å². The number of hydrogen-bond acceptors (Lipinski definition) is 6. The molecule has 0 bridgehead atoms. The van der Waals surface area contributed by atoms with Crippen molar-refractivity contribution in [1.82, 2.24) is 24.6 Å². The minimum atomic E-state index is -0.445. The largest absolute Gasteiger partial charge is 0.366 e. The van der Waals surface area contributed by atoms with Gasteiger partial charge >= 0.3 is 0 Å². The average molecular weight is 391 g/mol. The lowest BCUT2D eigenvalue weighted by molar-refractivity contribution is 0.100. The predicted octanol–water partition coefficient (Wildman–Crippen LogP) is 2.76. The third-order valence-corrected chi connectivity index (χ3v) is 5.33. The zero-order valence-corrected chi connectivity index (χ0v) is 16.7. The van der Waals surface area contributed by atoms with E-state index in [0.29, 0.717) is 17.6 Å². The molecule has 3 N–H and O–H groups in total. The highest BCUT2D eigenvalue weighted by atomic mass is 16.1. The number of benzene rings is 1. The number of rotatable bonds is 5. The SMILES string of the molecule is Cc1cnc(Nc2cnn(C3CCN(C)CC3)c2)nc1-c1ccc(C(N)=O)cc1. The second-order valence-corrected chi connectivity index (χ2v) is 7.54. The minimum absolute atomic E-state index is 0.431. The fraction of sp³-hybridized carbons (Fsp3) is 0.333. The van der Waals surface area contributed by atoms with Gasteiger partial charge in [0, 0.05) is 23.5 Å². The summed E-state index contributed by atoms with van der Waals surface area (Å²) in [4.78, 5) is 22.7. The molecule has 3 aromatic rings. The third-order valence-electron chi connectivity index (χ3n) is 5.33. The second-order valence-electron chi connectivity index (χ2n) is 7.54. The maximum Gasteiger partial charge on any atom is 0.248 e. The normalized spacial score (nSPS) is 15.4. The van der Waals surface area contributed by atoms with Crippen molar-refractivity contribution >= 4 is 17.5 Å². The molecule has 0 atom stereocenters.